The molecule has 2 unspecified atom stereocenters. The average molecular weight is 303 g/mol. The minimum absolute atomic E-state index is 0.141. The molecule has 0 aliphatic carbocycles. The summed E-state index contributed by atoms with van der Waals surface area (Å²) in [6.45, 7) is 12.7. The predicted molar refractivity (Wildman–Crippen MR) is 80.2 cm³/mol. The normalized spacial score (nSPS) is 37.4. The Kier molecular flexibility index (Phi) is 6.44. The molecule has 6 heteroatoms. The van der Waals surface area contributed by atoms with Gasteiger partial charge in [0.25, 0.3) is 0 Å². The van der Waals surface area contributed by atoms with Gasteiger partial charge in [0.15, 0.2) is 0 Å². The summed E-state index contributed by atoms with van der Waals surface area (Å²) >= 11 is 0. The second-order valence-corrected chi connectivity index (χ2v) is 9.32. The maximum Gasteiger partial charge on any atom is 0.335 e. The third-order valence-electron chi connectivity index (χ3n) is 3.82. The molecule has 118 valence electrons. The second kappa shape index (κ2) is 7.86. The van der Waals surface area contributed by atoms with Gasteiger partial charge in [-0.1, -0.05) is 0 Å². The Hall–Kier alpha value is 0.0169. The van der Waals surface area contributed by atoms with Gasteiger partial charge < -0.3 is 18.3 Å². The molecule has 0 aromatic heterocycles. The first-order chi connectivity index (χ1) is 9.57. The molecule has 5 nitrogen and oxygen atoms in total. The monoisotopic (exact) mass is 303 g/mol. The molecule has 0 saturated carbocycles. The van der Waals surface area contributed by atoms with Crippen molar-refractivity contribution in [2.75, 3.05) is 46.1 Å². The van der Waals surface area contributed by atoms with Gasteiger partial charge in [0.1, 0.15) is 0 Å². The summed E-state index contributed by atoms with van der Waals surface area (Å²) in [6, 6.07) is 1.05. The Morgan fingerprint density at radius 2 is 1.60 bits per heavy atom. The lowest BCUT2D eigenvalue weighted by Gasteiger charge is -2.36. The second-order valence-electron chi connectivity index (χ2n) is 6.09. The van der Waals surface area contributed by atoms with Gasteiger partial charge in [-0.3, -0.25) is 4.90 Å². The van der Waals surface area contributed by atoms with E-state index >= 15 is 0 Å². The van der Waals surface area contributed by atoms with E-state index < -0.39 is 8.56 Å². The van der Waals surface area contributed by atoms with Crippen LogP contribution in [-0.2, 0) is 18.3 Å². The zero-order chi connectivity index (χ0) is 14.4. The van der Waals surface area contributed by atoms with Crippen molar-refractivity contribution in [2.45, 2.75) is 45.1 Å². The minimum atomic E-state index is -2.07. The zero-order valence-electron chi connectivity index (χ0n) is 13.1. The van der Waals surface area contributed by atoms with Crippen molar-refractivity contribution < 1.29 is 18.3 Å². The van der Waals surface area contributed by atoms with Crippen molar-refractivity contribution in [2.24, 2.45) is 0 Å². The van der Waals surface area contributed by atoms with Gasteiger partial charge in [-0.15, -0.1) is 0 Å². The Morgan fingerprint density at radius 1 is 1.00 bits per heavy atom. The molecule has 0 N–H and O–H groups in total. The van der Waals surface area contributed by atoms with E-state index in [4.69, 9.17) is 18.3 Å². The fraction of sp³-hybridized carbons (Fsp3) is 1.00. The van der Waals surface area contributed by atoms with E-state index in [2.05, 4.69) is 25.3 Å². The highest BCUT2D eigenvalue weighted by atomic mass is 28.4. The SMILES string of the molecule is CC1COCC(C)O[Si](C)(CCCN2CCOCC2)O1. The molecule has 2 heterocycles. The lowest BCUT2D eigenvalue weighted by Crippen LogP contribution is -2.48. The smallest absolute Gasteiger partial charge is 0.335 e. The first kappa shape index (κ1) is 16.4. The van der Waals surface area contributed by atoms with Crippen LogP contribution < -0.4 is 0 Å². The number of rotatable bonds is 4. The number of morpholine rings is 1. The van der Waals surface area contributed by atoms with Gasteiger partial charge in [-0.2, -0.15) is 0 Å². The fourth-order valence-electron chi connectivity index (χ4n) is 2.91. The number of hydrogen-bond acceptors (Lipinski definition) is 5. The van der Waals surface area contributed by atoms with Crippen LogP contribution in [0.1, 0.15) is 20.3 Å². The molecular formula is C14H29NO4Si. The van der Waals surface area contributed by atoms with E-state index in [9.17, 15) is 0 Å². The Morgan fingerprint density at radius 3 is 2.20 bits per heavy atom. The van der Waals surface area contributed by atoms with Crippen molar-refractivity contribution in [1.82, 2.24) is 4.90 Å². The zero-order valence-corrected chi connectivity index (χ0v) is 14.1. The molecule has 2 fully saturated rings. The summed E-state index contributed by atoms with van der Waals surface area (Å²) in [7, 11) is -2.07. The number of nitrogens with zero attached hydrogens (tertiary/aromatic N) is 1. The minimum Gasteiger partial charge on any atom is -0.389 e. The summed E-state index contributed by atoms with van der Waals surface area (Å²) in [4.78, 5) is 2.47. The highest BCUT2D eigenvalue weighted by molar-refractivity contribution is 6.66. The molecule has 2 saturated heterocycles. The lowest BCUT2D eigenvalue weighted by molar-refractivity contribution is -0.0373. The van der Waals surface area contributed by atoms with Crippen LogP contribution in [0.4, 0.5) is 0 Å². The molecular weight excluding hydrogens is 274 g/mol. The molecule has 2 rings (SSSR count). The van der Waals surface area contributed by atoms with Gasteiger partial charge in [-0.05, 0) is 39.4 Å². The van der Waals surface area contributed by atoms with E-state index in [1.807, 2.05) is 0 Å². The topological polar surface area (TPSA) is 40.2 Å². The third-order valence-corrected chi connectivity index (χ3v) is 6.88. The van der Waals surface area contributed by atoms with E-state index in [0.717, 1.165) is 45.3 Å². The first-order valence-electron chi connectivity index (χ1n) is 7.81. The Bertz CT molecular complexity index is 274. The summed E-state index contributed by atoms with van der Waals surface area (Å²) in [6.07, 6.45) is 1.42. The fourth-order valence-corrected chi connectivity index (χ4v) is 5.84. The maximum absolute atomic E-state index is 6.19. The van der Waals surface area contributed by atoms with Gasteiger partial charge in [0.05, 0.1) is 38.6 Å². The number of ether oxygens (including phenoxy) is 2. The standard InChI is InChI=1S/C14H29NO4Si/c1-13-11-17-12-14(2)19-20(3,18-13)10-4-5-15-6-8-16-9-7-15/h13-14H,4-12H2,1-3H3. The molecule has 0 spiro atoms. The van der Waals surface area contributed by atoms with Crippen molar-refractivity contribution in [3.63, 3.8) is 0 Å². The summed E-state index contributed by atoms with van der Waals surface area (Å²) in [5.74, 6) is 0. The van der Waals surface area contributed by atoms with Crippen LogP contribution in [0.2, 0.25) is 12.6 Å². The predicted octanol–water partition coefficient (Wildman–Crippen LogP) is 1.62. The average Bonchev–Trinajstić information content (AvgIpc) is 2.38. The van der Waals surface area contributed by atoms with Crippen molar-refractivity contribution in [1.29, 1.82) is 0 Å². The van der Waals surface area contributed by atoms with Crippen LogP contribution in [0.3, 0.4) is 0 Å². The van der Waals surface area contributed by atoms with Crippen LogP contribution in [0.15, 0.2) is 0 Å². The van der Waals surface area contributed by atoms with Crippen LogP contribution >= 0.6 is 0 Å². The first-order valence-corrected chi connectivity index (χ1v) is 10.3. The van der Waals surface area contributed by atoms with Gasteiger partial charge in [-0.25, -0.2) is 0 Å². The van der Waals surface area contributed by atoms with Crippen LogP contribution in [0, 0.1) is 0 Å². The molecule has 0 amide bonds. The Balaban J connectivity index is 1.77. The molecule has 0 aromatic carbocycles. The quantitative estimate of drug-likeness (QED) is 0.738. The van der Waals surface area contributed by atoms with Crippen LogP contribution in [-0.4, -0.2) is 71.7 Å². The molecule has 2 aliphatic heterocycles. The summed E-state index contributed by atoms with van der Waals surface area (Å²) < 4.78 is 23.3. The van der Waals surface area contributed by atoms with Crippen molar-refractivity contribution in [3.05, 3.63) is 0 Å². The van der Waals surface area contributed by atoms with Crippen LogP contribution in [0.25, 0.3) is 0 Å². The number of hydrogen-bond donors (Lipinski definition) is 0. The van der Waals surface area contributed by atoms with Gasteiger partial charge in [0, 0.05) is 13.1 Å². The maximum atomic E-state index is 6.19. The molecule has 2 aliphatic rings. The third kappa shape index (κ3) is 5.42. The molecule has 20 heavy (non-hydrogen) atoms. The lowest BCUT2D eigenvalue weighted by atomic mass is 10.3. The van der Waals surface area contributed by atoms with E-state index in [1.165, 1.54) is 0 Å². The van der Waals surface area contributed by atoms with E-state index in [1.54, 1.807) is 0 Å². The molecule has 0 aromatic rings. The van der Waals surface area contributed by atoms with Crippen molar-refractivity contribution >= 4 is 8.56 Å². The van der Waals surface area contributed by atoms with E-state index in [0.29, 0.717) is 13.2 Å². The highest BCUT2D eigenvalue weighted by Crippen LogP contribution is 2.22. The summed E-state index contributed by atoms with van der Waals surface area (Å²) in [5, 5.41) is 0. The van der Waals surface area contributed by atoms with Gasteiger partial charge in [0.2, 0.25) is 0 Å². The molecule has 0 bridgehead atoms. The Labute approximate surface area is 123 Å². The molecule has 0 radical (unpaired) electrons. The largest absolute Gasteiger partial charge is 0.389 e. The van der Waals surface area contributed by atoms with Crippen molar-refractivity contribution in [3.8, 4) is 0 Å². The van der Waals surface area contributed by atoms with E-state index in [-0.39, 0.29) is 12.2 Å². The summed E-state index contributed by atoms with van der Waals surface area (Å²) in [5.41, 5.74) is 0. The van der Waals surface area contributed by atoms with Gasteiger partial charge >= 0.3 is 8.56 Å². The highest BCUT2D eigenvalue weighted by Gasteiger charge is 2.36. The van der Waals surface area contributed by atoms with Crippen LogP contribution in [0.5, 0.6) is 0 Å². The molecule has 2 atom stereocenters.